The third-order valence-corrected chi connectivity index (χ3v) is 2.44. The molecule has 1 N–H and O–H groups in total. The van der Waals surface area contributed by atoms with E-state index in [4.69, 9.17) is 5.11 Å². The Kier molecular flexibility index (Phi) is 3.94. The molecular weight excluding hydrogens is 175 g/mol. The molecule has 0 aromatic heterocycles. The number of alkyl halides is 1. The van der Waals surface area contributed by atoms with Crippen molar-refractivity contribution in [2.45, 2.75) is 11.3 Å². The zero-order valence-electron chi connectivity index (χ0n) is 6.66. The van der Waals surface area contributed by atoms with Crippen molar-refractivity contribution in [1.82, 2.24) is 0 Å². The largest absolute Gasteiger partial charge is 0.508 e. The van der Waals surface area contributed by atoms with Gasteiger partial charge in [0.25, 0.3) is 0 Å². The predicted molar refractivity (Wildman–Crippen MR) is 49.4 cm³/mol. The lowest BCUT2D eigenvalue weighted by atomic mass is 10.3. The molecule has 0 aliphatic rings. The van der Waals surface area contributed by atoms with Crippen molar-refractivity contribution in [3.63, 3.8) is 0 Å². The summed E-state index contributed by atoms with van der Waals surface area (Å²) in [7, 11) is 0. The fourth-order valence-corrected chi connectivity index (χ4v) is 1.69. The molecule has 12 heavy (non-hydrogen) atoms. The highest BCUT2D eigenvalue weighted by molar-refractivity contribution is 7.99. The number of benzene rings is 1. The average molecular weight is 186 g/mol. The van der Waals surface area contributed by atoms with Gasteiger partial charge in [0.15, 0.2) is 0 Å². The second-order valence-electron chi connectivity index (χ2n) is 2.39. The Hall–Kier alpha value is -0.700. The van der Waals surface area contributed by atoms with Gasteiger partial charge in [-0.05, 0) is 24.6 Å². The number of aromatic hydroxyl groups is 1. The van der Waals surface area contributed by atoms with E-state index < -0.39 is 0 Å². The molecule has 66 valence electrons. The quantitative estimate of drug-likeness (QED) is 0.576. The summed E-state index contributed by atoms with van der Waals surface area (Å²) in [6.45, 7) is -0.272. The van der Waals surface area contributed by atoms with E-state index in [0.717, 1.165) is 10.6 Å². The third-order valence-electron chi connectivity index (χ3n) is 1.36. The van der Waals surface area contributed by atoms with Crippen molar-refractivity contribution >= 4 is 11.8 Å². The van der Waals surface area contributed by atoms with E-state index in [0.29, 0.717) is 6.42 Å². The monoisotopic (exact) mass is 186 g/mol. The molecule has 0 fully saturated rings. The van der Waals surface area contributed by atoms with Crippen LogP contribution in [0.1, 0.15) is 6.42 Å². The predicted octanol–water partition coefficient (Wildman–Crippen LogP) is 2.84. The van der Waals surface area contributed by atoms with Crippen LogP contribution in [0.25, 0.3) is 0 Å². The molecule has 0 bridgehead atoms. The lowest BCUT2D eigenvalue weighted by Gasteiger charge is -1.99. The van der Waals surface area contributed by atoms with Crippen LogP contribution >= 0.6 is 11.8 Å². The highest BCUT2D eigenvalue weighted by atomic mass is 32.2. The molecule has 0 spiro atoms. The SMILES string of the molecule is Oc1cccc(SCCCF)c1. The zero-order chi connectivity index (χ0) is 8.81. The first-order valence-electron chi connectivity index (χ1n) is 3.81. The fourth-order valence-electron chi connectivity index (χ4n) is 0.818. The van der Waals surface area contributed by atoms with Gasteiger partial charge in [-0.1, -0.05) is 6.07 Å². The summed E-state index contributed by atoms with van der Waals surface area (Å²) in [5, 5.41) is 9.08. The van der Waals surface area contributed by atoms with Gasteiger partial charge in [0.1, 0.15) is 5.75 Å². The first kappa shape index (κ1) is 9.39. The van der Waals surface area contributed by atoms with Gasteiger partial charge in [-0.15, -0.1) is 11.8 Å². The lowest BCUT2D eigenvalue weighted by molar-refractivity contribution is 0.474. The Labute approximate surface area is 75.6 Å². The summed E-state index contributed by atoms with van der Waals surface area (Å²) < 4.78 is 11.7. The molecule has 0 heterocycles. The van der Waals surface area contributed by atoms with Crippen LogP contribution in [-0.4, -0.2) is 17.5 Å². The fraction of sp³-hybridized carbons (Fsp3) is 0.333. The van der Waals surface area contributed by atoms with Crippen molar-refractivity contribution in [3.8, 4) is 5.75 Å². The van der Waals surface area contributed by atoms with Crippen LogP contribution < -0.4 is 0 Å². The third kappa shape index (κ3) is 3.13. The first-order valence-corrected chi connectivity index (χ1v) is 4.79. The number of thioether (sulfide) groups is 1. The second kappa shape index (κ2) is 5.04. The van der Waals surface area contributed by atoms with Gasteiger partial charge >= 0.3 is 0 Å². The minimum atomic E-state index is -0.272. The van der Waals surface area contributed by atoms with Crippen molar-refractivity contribution in [2.24, 2.45) is 0 Å². The van der Waals surface area contributed by atoms with Gasteiger partial charge in [0.05, 0.1) is 6.67 Å². The Bertz CT molecular complexity index is 240. The van der Waals surface area contributed by atoms with E-state index >= 15 is 0 Å². The summed E-state index contributed by atoms with van der Waals surface area (Å²) in [5.41, 5.74) is 0. The minimum Gasteiger partial charge on any atom is -0.508 e. The molecule has 0 aliphatic heterocycles. The summed E-state index contributed by atoms with van der Waals surface area (Å²) in [6.07, 6.45) is 0.570. The van der Waals surface area contributed by atoms with Crippen LogP contribution in [0, 0.1) is 0 Å². The van der Waals surface area contributed by atoms with E-state index in [2.05, 4.69) is 0 Å². The maximum Gasteiger partial charge on any atom is 0.116 e. The van der Waals surface area contributed by atoms with E-state index in [9.17, 15) is 4.39 Å². The second-order valence-corrected chi connectivity index (χ2v) is 3.56. The van der Waals surface area contributed by atoms with Gasteiger partial charge in [0, 0.05) is 10.6 Å². The van der Waals surface area contributed by atoms with Gasteiger partial charge in [-0.2, -0.15) is 0 Å². The van der Waals surface area contributed by atoms with Crippen LogP contribution in [0.5, 0.6) is 5.75 Å². The summed E-state index contributed by atoms with van der Waals surface area (Å²) in [6, 6.07) is 7.00. The van der Waals surface area contributed by atoms with E-state index in [1.165, 1.54) is 0 Å². The normalized spacial score (nSPS) is 10.1. The molecular formula is C9H11FOS. The minimum absolute atomic E-state index is 0.264. The number of hydrogen-bond acceptors (Lipinski definition) is 2. The Morgan fingerprint density at radius 1 is 1.42 bits per heavy atom. The molecule has 0 amide bonds. The topological polar surface area (TPSA) is 20.2 Å². The number of phenols is 1. The summed E-state index contributed by atoms with van der Waals surface area (Å²) in [4.78, 5) is 0.989. The standard InChI is InChI=1S/C9H11FOS/c10-5-2-6-12-9-4-1-3-8(11)7-9/h1,3-4,7,11H,2,5-6H2. The Morgan fingerprint density at radius 3 is 2.92 bits per heavy atom. The summed E-state index contributed by atoms with van der Waals surface area (Å²) >= 11 is 1.56. The molecule has 1 nitrogen and oxygen atoms in total. The van der Waals surface area contributed by atoms with Crippen molar-refractivity contribution in [3.05, 3.63) is 24.3 Å². The molecule has 0 saturated carbocycles. The summed E-state index contributed by atoms with van der Waals surface area (Å²) in [5.74, 6) is 1.03. The number of phenolic OH excluding ortho intramolecular Hbond substituents is 1. The number of hydrogen-bond donors (Lipinski definition) is 1. The lowest BCUT2D eigenvalue weighted by Crippen LogP contribution is -1.80. The molecule has 1 aromatic carbocycles. The number of rotatable bonds is 4. The van der Waals surface area contributed by atoms with Crippen LogP contribution in [0.2, 0.25) is 0 Å². The average Bonchev–Trinajstić information content (AvgIpc) is 2.05. The number of halogens is 1. The van der Waals surface area contributed by atoms with Gasteiger partial charge in [-0.3, -0.25) is 4.39 Å². The smallest absolute Gasteiger partial charge is 0.116 e. The molecule has 0 unspecified atom stereocenters. The maximum absolute atomic E-state index is 11.7. The highest BCUT2D eigenvalue weighted by Crippen LogP contribution is 2.22. The molecule has 0 aliphatic carbocycles. The van der Waals surface area contributed by atoms with Crippen LogP contribution in [0.4, 0.5) is 4.39 Å². The molecule has 3 heteroatoms. The van der Waals surface area contributed by atoms with Gasteiger partial charge in [-0.25, -0.2) is 0 Å². The Morgan fingerprint density at radius 2 is 2.25 bits per heavy atom. The van der Waals surface area contributed by atoms with Crippen LogP contribution in [-0.2, 0) is 0 Å². The van der Waals surface area contributed by atoms with Gasteiger partial charge in [0.2, 0.25) is 0 Å². The van der Waals surface area contributed by atoms with Crippen molar-refractivity contribution in [1.29, 1.82) is 0 Å². The molecule has 0 radical (unpaired) electrons. The van der Waals surface area contributed by atoms with Gasteiger partial charge < -0.3 is 5.11 Å². The van der Waals surface area contributed by atoms with Crippen molar-refractivity contribution < 1.29 is 9.50 Å². The molecule has 1 aromatic rings. The zero-order valence-corrected chi connectivity index (χ0v) is 7.48. The molecule has 0 saturated heterocycles. The first-order chi connectivity index (χ1) is 5.83. The van der Waals surface area contributed by atoms with Crippen LogP contribution in [0.3, 0.4) is 0 Å². The Balaban J connectivity index is 2.41. The van der Waals surface area contributed by atoms with E-state index in [1.807, 2.05) is 6.07 Å². The van der Waals surface area contributed by atoms with Crippen molar-refractivity contribution in [2.75, 3.05) is 12.4 Å². The van der Waals surface area contributed by atoms with E-state index in [-0.39, 0.29) is 12.4 Å². The van der Waals surface area contributed by atoms with Crippen LogP contribution in [0.15, 0.2) is 29.2 Å². The molecule has 1 rings (SSSR count). The molecule has 0 atom stereocenters. The van der Waals surface area contributed by atoms with E-state index in [1.54, 1.807) is 30.0 Å². The maximum atomic E-state index is 11.7. The highest BCUT2D eigenvalue weighted by Gasteiger charge is 1.94.